The van der Waals surface area contributed by atoms with Crippen molar-refractivity contribution < 1.29 is 13.2 Å². The van der Waals surface area contributed by atoms with Crippen LogP contribution in [0.4, 0.5) is 0 Å². The van der Waals surface area contributed by atoms with E-state index in [0.717, 1.165) is 0 Å². The zero-order valence-corrected chi connectivity index (χ0v) is 10.1. The predicted molar refractivity (Wildman–Crippen MR) is 61.1 cm³/mol. The van der Waals surface area contributed by atoms with Crippen molar-refractivity contribution in [2.24, 2.45) is 0 Å². The van der Waals surface area contributed by atoms with Gasteiger partial charge in [-0.15, -0.1) is 0 Å². The molecule has 0 spiro atoms. The highest BCUT2D eigenvalue weighted by Gasteiger charge is 2.46. The lowest BCUT2D eigenvalue weighted by Crippen LogP contribution is -2.57. The summed E-state index contributed by atoms with van der Waals surface area (Å²) in [7, 11) is -1.95. The number of rotatable bonds is 2. The molecular weight excluding hydrogens is 250 g/mol. The van der Waals surface area contributed by atoms with Gasteiger partial charge in [0.2, 0.25) is 10.0 Å². The molecule has 0 N–H and O–H groups in total. The minimum absolute atomic E-state index is 0.254. The third-order valence-corrected chi connectivity index (χ3v) is 4.99. The topological polar surface area (TPSA) is 54.5 Å². The summed E-state index contributed by atoms with van der Waals surface area (Å²) < 4.78 is 24.2. The standard InChI is InChI=1S/C10H10ClNO3S/c1-12-6-9(16(12,14)15)10(13)7-2-4-8(11)5-3-7/h2-5,9H,6H2,1H3. The quantitative estimate of drug-likeness (QED) is 0.749. The molecule has 1 aliphatic rings. The van der Waals surface area contributed by atoms with E-state index in [1.165, 1.54) is 11.4 Å². The second-order valence-corrected chi connectivity index (χ2v) is 6.34. The highest BCUT2D eigenvalue weighted by molar-refractivity contribution is 7.91. The van der Waals surface area contributed by atoms with Crippen molar-refractivity contribution in [2.75, 3.05) is 13.6 Å². The molecule has 1 atom stereocenters. The minimum Gasteiger partial charge on any atom is -0.293 e. The summed E-state index contributed by atoms with van der Waals surface area (Å²) in [5.74, 6) is -0.366. The molecule has 0 saturated carbocycles. The summed E-state index contributed by atoms with van der Waals surface area (Å²) in [5, 5.41) is -0.413. The van der Waals surface area contributed by atoms with Crippen LogP contribution in [0.3, 0.4) is 0 Å². The van der Waals surface area contributed by atoms with E-state index in [-0.39, 0.29) is 12.3 Å². The maximum Gasteiger partial charge on any atom is 0.225 e. The minimum atomic E-state index is -3.41. The zero-order chi connectivity index (χ0) is 11.9. The molecule has 16 heavy (non-hydrogen) atoms. The zero-order valence-electron chi connectivity index (χ0n) is 8.55. The summed E-state index contributed by atoms with van der Waals surface area (Å²) >= 11 is 5.69. The Hall–Kier alpha value is -0.910. The number of halogens is 1. The van der Waals surface area contributed by atoms with Crippen LogP contribution in [0.25, 0.3) is 0 Å². The van der Waals surface area contributed by atoms with E-state index in [4.69, 9.17) is 11.6 Å². The molecule has 4 nitrogen and oxygen atoms in total. The number of ketones is 1. The van der Waals surface area contributed by atoms with Crippen molar-refractivity contribution >= 4 is 27.4 Å². The van der Waals surface area contributed by atoms with Gasteiger partial charge in [-0.05, 0) is 24.3 Å². The highest BCUT2D eigenvalue weighted by atomic mass is 35.5. The average Bonchev–Trinajstić information content (AvgIpc) is 2.26. The molecule has 0 bridgehead atoms. The van der Waals surface area contributed by atoms with Gasteiger partial charge in [-0.25, -0.2) is 12.7 Å². The SMILES string of the molecule is CN1CC(C(=O)c2ccc(Cl)cc2)S1(=O)=O. The first-order chi connectivity index (χ1) is 7.43. The molecule has 1 heterocycles. The molecular formula is C10H10ClNO3S. The molecule has 2 rings (SSSR count). The van der Waals surface area contributed by atoms with Crippen molar-refractivity contribution in [1.82, 2.24) is 4.31 Å². The van der Waals surface area contributed by atoms with E-state index in [2.05, 4.69) is 0 Å². The Morgan fingerprint density at radius 1 is 1.38 bits per heavy atom. The van der Waals surface area contributed by atoms with E-state index in [1.807, 2.05) is 0 Å². The summed E-state index contributed by atoms with van der Waals surface area (Å²) in [6, 6.07) is 6.23. The van der Waals surface area contributed by atoms with Gasteiger partial charge in [0.25, 0.3) is 0 Å². The van der Waals surface area contributed by atoms with Crippen molar-refractivity contribution in [3.05, 3.63) is 34.9 Å². The van der Waals surface area contributed by atoms with E-state index in [0.29, 0.717) is 10.6 Å². The second-order valence-electron chi connectivity index (χ2n) is 3.69. The highest BCUT2D eigenvalue weighted by Crippen LogP contribution is 2.24. The summed E-state index contributed by atoms with van der Waals surface area (Å²) in [5.41, 5.74) is 0.381. The third kappa shape index (κ3) is 1.75. The Balaban J connectivity index is 2.25. The first kappa shape index (κ1) is 11.6. The van der Waals surface area contributed by atoms with Crippen LogP contribution >= 0.6 is 11.6 Å². The molecule has 0 radical (unpaired) electrons. The van der Waals surface area contributed by atoms with Gasteiger partial charge >= 0.3 is 0 Å². The third-order valence-electron chi connectivity index (χ3n) is 2.64. The fraction of sp³-hybridized carbons (Fsp3) is 0.300. The lowest BCUT2D eigenvalue weighted by molar-refractivity contribution is 0.0966. The van der Waals surface area contributed by atoms with Crippen molar-refractivity contribution in [1.29, 1.82) is 0 Å². The van der Waals surface area contributed by atoms with Crippen molar-refractivity contribution in [3.8, 4) is 0 Å². The smallest absolute Gasteiger partial charge is 0.225 e. The molecule has 0 aliphatic carbocycles. The predicted octanol–water partition coefficient (Wildman–Crippen LogP) is 1.17. The molecule has 0 aromatic heterocycles. The van der Waals surface area contributed by atoms with Gasteiger partial charge in [0.15, 0.2) is 11.0 Å². The van der Waals surface area contributed by atoms with E-state index >= 15 is 0 Å². The van der Waals surface area contributed by atoms with Gasteiger partial charge in [0.1, 0.15) is 0 Å². The molecule has 1 unspecified atom stereocenters. The Kier molecular flexibility index (Phi) is 2.77. The molecule has 86 valence electrons. The first-order valence-electron chi connectivity index (χ1n) is 4.68. The fourth-order valence-corrected chi connectivity index (χ4v) is 3.06. The van der Waals surface area contributed by atoms with Gasteiger partial charge in [-0.1, -0.05) is 11.6 Å². The Morgan fingerprint density at radius 3 is 2.38 bits per heavy atom. The van der Waals surface area contributed by atoms with E-state index in [9.17, 15) is 13.2 Å². The van der Waals surface area contributed by atoms with Gasteiger partial charge in [-0.2, -0.15) is 0 Å². The largest absolute Gasteiger partial charge is 0.293 e. The summed E-state index contributed by atoms with van der Waals surface area (Å²) in [6.45, 7) is 0.254. The fourth-order valence-electron chi connectivity index (χ4n) is 1.58. The van der Waals surface area contributed by atoms with Crippen molar-refractivity contribution in [2.45, 2.75) is 5.25 Å². The number of nitrogens with zero attached hydrogens (tertiary/aromatic N) is 1. The van der Waals surface area contributed by atoms with Crippen LogP contribution in [0.2, 0.25) is 5.02 Å². The van der Waals surface area contributed by atoms with E-state index < -0.39 is 15.3 Å². The summed E-state index contributed by atoms with van der Waals surface area (Å²) in [4.78, 5) is 11.9. The Labute approximate surface area is 98.9 Å². The van der Waals surface area contributed by atoms with Gasteiger partial charge in [-0.3, -0.25) is 4.79 Å². The maximum absolute atomic E-state index is 11.9. The number of carbonyl (C=O) groups is 1. The average molecular weight is 260 g/mol. The number of hydrogen-bond acceptors (Lipinski definition) is 3. The van der Waals surface area contributed by atoms with Crippen LogP contribution in [-0.4, -0.2) is 37.3 Å². The van der Waals surface area contributed by atoms with Crippen LogP contribution in [0.5, 0.6) is 0 Å². The van der Waals surface area contributed by atoms with Gasteiger partial charge < -0.3 is 0 Å². The summed E-state index contributed by atoms with van der Waals surface area (Å²) in [6.07, 6.45) is 0. The molecule has 0 amide bonds. The molecule has 1 aromatic carbocycles. The van der Waals surface area contributed by atoms with Crippen LogP contribution in [0, 0.1) is 0 Å². The van der Waals surface area contributed by atoms with Crippen LogP contribution in [-0.2, 0) is 10.0 Å². The molecule has 6 heteroatoms. The number of benzene rings is 1. The first-order valence-corrected chi connectivity index (χ1v) is 6.56. The number of Topliss-reactive ketones (excluding diaryl/α,β-unsaturated/α-hetero) is 1. The number of sulfonamides is 1. The van der Waals surface area contributed by atoms with Gasteiger partial charge in [0, 0.05) is 24.2 Å². The van der Waals surface area contributed by atoms with Crippen LogP contribution in [0.15, 0.2) is 24.3 Å². The monoisotopic (exact) mass is 259 g/mol. The number of carbonyl (C=O) groups excluding carboxylic acids is 1. The van der Waals surface area contributed by atoms with Crippen LogP contribution < -0.4 is 0 Å². The lowest BCUT2D eigenvalue weighted by Gasteiger charge is -2.34. The number of hydrogen-bond donors (Lipinski definition) is 0. The molecule has 1 aromatic rings. The second kappa shape index (κ2) is 3.84. The maximum atomic E-state index is 11.9. The molecule has 1 aliphatic heterocycles. The van der Waals surface area contributed by atoms with Crippen molar-refractivity contribution in [3.63, 3.8) is 0 Å². The lowest BCUT2D eigenvalue weighted by atomic mass is 10.1. The van der Waals surface area contributed by atoms with Crippen LogP contribution in [0.1, 0.15) is 10.4 Å². The molecule has 1 saturated heterocycles. The molecule has 1 fully saturated rings. The van der Waals surface area contributed by atoms with Gasteiger partial charge in [0.05, 0.1) is 0 Å². The Morgan fingerprint density at radius 2 is 1.94 bits per heavy atom. The van der Waals surface area contributed by atoms with E-state index in [1.54, 1.807) is 24.3 Å². The normalized spacial score (nSPS) is 23.8. The Bertz CT molecular complexity index is 524.